The highest BCUT2D eigenvalue weighted by Crippen LogP contribution is 2.51. The van der Waals surface area contributed by atoms with E-state index in [0.29, 0.717) is 5.92 Å². The lowest BCUT2D eigenvalue weighted by Gasteiger charge is -2.17. The number of aryl methyl sites for hydroxylation is 2. The lowest BCUT2D eigenvalue weighted by Crippen LogP contribution is -1.96. The zero-order valence-electron chi connectivity index (χ0n) is 19.0. The Morgan fingerprint density at radius 3 is 2.12 bits per heavy atom. The summed E-state index contributed by atoms with van der Waals surface area (Å²) in [6.45, 7) is 0. The second-order valence-electron chi connectivity index (χ2n) is 9.50. The molecule has 0 atom stereocenters. The molecule has 1 saturated carbocycles. The van der Waals surface area contributed by atoms with Crippen molar-refractivity contribution in [1.29, 1.82) is 0 Å². The Bertz CT molecular complexity index is 1680. The number of para-hydroxylation sites is 2. The Hall–Kier alpha value is -3.78. The highest BCUT2D eigenvalue weighted by atomic mass is 14.9. The van der Waals surface area contributed by atoms with Gasteiger partial charge in [0.15, 0.2) is 0 Å². The molecule has 2 nitrogen and oxygen atoms in total. The predicted octanol–water partition coefficient (Wildman–Crippen LogP) is 8.03. The molecule has 1 aliphatic rings. The number of hydrogen-bond acceptors (Lipinski definition) is 0. The van der Waals surface area contributed by atoms with Crippen molar-refractivity contribution in [1.82, 2.24) is 9.13 Å². The molecule has 2 heterocycles. The minimum Gasteiger partial charge on any atom is -0.350 e. The topological polar surface area (TPSA) is 9.86 Å². The third kappa shape index (κ3) is 2.67. The molecule has 2 aromatic heterocycles. The standard InChI is InChI=1S/C31H26N2/c1-32-19-26(22-12-6-8-14-27(22)32)30-24(20-10-4-3-5-11-20)18-25(21-16-17-21)29-23-13-7-9-15-28(23)33(2)31(29)30/h3-15,18-19,21H,16-17H2,1-2H3. The Morgan fingerprint density at radius 1 is 0.697 bits per heavy atom. The van der Waals surface area contributed by atoms with Gasteiger partial charge >= 0.3 is 0 Å². The summed E-state index contributed by atoms with van der Waals surface area (Å²) >= 11 is 0. The molecule has 0 bridgehead atoms. The first-order chi connectivity index (χ1) is 16.2. The lowest BCUT2D eigenvalue weighted by atomic mass is 9.88. The van der Waals surface area contributed by atoms with E-state index in [1.807, 2.05) is 0 Å². The molecule has 0 N–H and O–H groups in total. The van der Waals surface area contributed by atoms with Crippen LogP contribution in [0.4, 0.5) is 0 Å². The van der Waals surface area contributed by atoms with Crippen LogP contribution in [0.3, 0.4) is 0 Å². The quantitative estimate of drug-likeness (QED) is 0.271. The van der Waals surface area contributed by atoms with Crippen LogP contribution in [0.15, 0.2) is 91.1 Å². The van der Waals surface area contributed by atoms with E-state index >= 15 is 0 Å². The Balaban J connectivity index is 1.73. The molecular weight excluding hydrogens is 400 g/mol. The second kappa shape index (κ2) is 6.86. The van der Waals surface area contributed by atoms with Crippen molar-refractivity contribution in [3.05, 3.63) is 96.7 Å². The molecule has 6 aromatic rings. The summed E-state index contributed by atoms with van der Waals surface area (Å²) in [6, 6.07) is 31.1. The van der Waals surface area contributed by atoms with E-state index < -0.39 is 0 Å². The zero-order valence-corrected chi connectivity index (χ0v) is 19.0. The molecule has 1 aliphatic carbocycles. The summed E-state index contributed by atoms with van der Waals surface area (Å²) in [4.78, 5) is 0. The van der Waals surface area contributed by atoms with E-state index in [9.17, 15) is 0 Å². The van der Waals surface area contributed by atoms with E-state index in [-0.39, 0.29) is 0 Å². The summed E-state index contributed by atoms with van der Waals surface area (Å²) < 4.78 is 4.70. The van der Waals surface area contributed by atoms with Crippen LogP contribution >= 0.6 is 0 Å². The van der Waals surface area contributed by atoms with Crippen molar-refractivity contribution >= 4 is 32.7 Å². The number of benzene rings is 4. The average Bonchev–Trinajstić information content (AvgIpc) is 3.61. The van der Waals surface area contributed by atoms with Gasteiger partial charge in [0.1, 0.15) is 0 Å². The molecule has 33 heavy (non-hydrogen) atoms. The van der Waals surface area contributed by atoms with E-state index in [2.05, 4.69) is 114 Å². The average molecular weight is 427 g/mol. The van der Waals surface area contributed by atoms with Crippen LogP contribution in [0.5, 0.6) is 0 Å². The summed E-state index contributed by atoms with van der Waals surface area (Å²) in [5.74, 6) is 0.669. The SMILES string of the molecule is Cn1cc(-c2c(-c3ccccc3)cc(C3CC3)c3c4ccccc4n(C)c23)c2ccccc21. The maximum absolute atomic E-state index is 2.51. The van der Waals surface area contributed by atoms with Crippen LogP contribution in [-0.2, 0) is 14.1 Å². The van der Waals surface area contributed by atoms with Crippen LogP contribution in [0.1, 0.15) is 24.3 Å². The van der Waals surface area contributed by atoms with Gasteiger partial charge in [-0.3, -0.25) is 0 Å². The largest absolute Gasteiger partial charge is 0.350 e. The van der Waals surface area contributed by atoms with E-state index in [1.165, 1.54) is 73.4 Å². The molecule has 0 saturated heterocycles. The molecule has 7 rings (SSSR count). The van der Waals surface area contributed by atoms with E-state index in [4.69, 9.17) is 0 Å². The zero-order chi connectivity index (χ0) is 22.1. The van der Waals surface area contributed by atoms with Crippen LogP contribution in [0.25, 0.3) is 55.0 Å². The maximum Gasteiger partial charge on any atom is 0.0578 e. The Kier molecular flexibility index (Phi) is 3.90. The summed E-state index contributed by atoms with van der Waals surface area (Å²) in [7, 11) is 4.40. The molecule has 2 heteroatoms. The molecule has 0 unspecified atom stereocenters. The molecule has 0 aliphatic heterocycles. The highest BCUT2D eigenvalue weighted by molar-refractivity contribution is 6.19. The van der Waals surface area contributed by atoms with Crippen molar-refractivity contribution in [3.8, 4) is 22.3 Å². The number of aromatic nitrogens is 2. The van der Waals surface area contributed by atoms with Crippen LogP contribution in [0.2, 0.25) is 0 Å². The Morgan fingerprint density at radius 2 is 1.36 bits per heavy atom. The fraction of sp³-hybridized carbons (Fsp3) is 0.161. The first kappa shape index (κ1) is 18.8. The van der Waals surface area contributed by atoms with Gasteiger partial charge in [-0.25, -0.2) is 0 Å². The minimum absolute atomic E-state index is 0.669. The van der Waals surface area contributed by atoms with Gasteiger partial charge in [0.2, 0.25) is 0 Å². The molecule has 1 fully saturated rings. The molecule has 0 spiro atoms. The normalized spacial score (nSPS) is 14.0. The van der Waals surface area contributed by atoms with Crippen LogP contribution in [0, 0.1) is 0 Å². The molecule has 0 amide bonds. The lowest BCUT2D eigenvalue weighted by molar-refractivity contribution is 0.969. The first-order valence-corrected chi connectivity index (χ1v) is 11.9. The molecule has 0 radical (unpaired) electrons. The predicted molar refractivity (Wildman–Crippen MR) is 140 cm³/mol. The van der Waals surface area contributed by atoms with Crippen molar-refractivity contribution in [2.45, 2.75) is 18.8 Å². The van der Waals surface area contributed by atoms with Gasteiger partial charge in [0.25, 0.3) is 0 Å². The van der Waals surface area contributed by atoms with Crippen molar-refractivity contribution in [2.24, 2.45) is 14.1 Å². The smallest absolute Gasteiger partial charge is 0.0578 e. The molecular formula is C31H26N2. The van der Waals surface area contributed by atoms with Crippen molar-refractivity contribution < 1.29 is 0 Å². The fourth-order valence-corrected chi connectivity index (χ4v) is 5.78. The van der Waals surface area contributed by atoms with E-state index in [1.54, 1.807) is 0 Å². The van der Waals surface area contributed by atoms with Crippen LogP contribution < -0.4 is 0 Å². The first-order valence-electron chi connectivity index (χ1n) is 11.9. The van der Waals surface area contributed by atoms with E-state index in [0.717, 1.165) is 0 Å². The third-order valence-electron chi connectivity index (χ3n) is 7.47. The maximum atomic E-state index is 2.51. The van der Waals surface area contributed by atoms with Gasteiger partial charge in [0, 0.05) is 58.6 Å². The number of hydrogen-bond donors (Lipinski definition) is 0. The highest BCUT2D eigenvalue weighted by Gasteiger charge is 2.30. The monoisotopic (exact) mass is 426 g/mol. The van der Waals surface area contributed by atoms with Gasteiger partial charge in [-0.15, -0.1) is 0 Å². The van der Waals surface area contributed by atoms with Gasteiger partial charge in [0.05, 0.1) is 5.52 Å². The fourth-order valence-electron chi connectivity index (χ4n) is 5.78. The second-order valence-corrected chi connectivity index (χ2v) is 9.50. The van der Waals surface area contributed by atoms with Gasteiger partial charge in [-0.05, 0) is 53.6 Å². The number of nitrogens with zero attached hydrogens (tertiary/aromatic N) is 2. The summed E-state index contributed by atoms with van der Waals surface area (Å²) in [5.41, 5.74) is 10.7. The van der Waals surface area contributed by atoms with Gasteiger partial charge < -0.3 is 9.13 Å². The number of fused-ring (bicyclic) bond motifs is 4. The van der Waals surface area contributed by atoms with Gasteiger partial charge in [-0.2, -0.15) is 0 Å². The van der Waals surface area contributed by atoms with Gasteiger partial charge in [-0.1, -0.05) is 66.7 Å². The third-order valence-corrected chi connectivity index (χ3v) is 7.47. The Labute approximate surface area is 193 Å². The summed E-state index contributed by atoms with van der Waals surface area (Å²) in [5, 5.41) is 4.12. The van der Waals surface area contributed by atoms with Crippen LogP contribution in [-0.4, -0.2) is 9.13 Å². The molecule has 160 valence electrons. The molecule has 4 aromatic carbocycles. The van der Waals surface area contributed by atoms with Crippen molar-refractivity contribution in [3.63, 3.8) is 0 Å². The summed E-state index contributed by atoms with van der Waals surface area (Å²) in [6.07, 6.45) is 4.90. The number of rotatable bonds is 3. The minimum atomic E-state index is 0.669. The van der Waals surface area contributed by atoms with Crippen molar-refractivity contribution in [2.75, 3.05) is 0 Å².